The van der Waals surface area contributed by atoms with E-state index in [0.717, 1.165) is 78.0 Å². The summed E-state index contributed by atoms with van der Waals surface area (Å²) in [6, 6.07) is 22.2. The van der Waals surface area contributed by atoms with Crippen LogP contribution in [-0.4, -0.2) is 73.6 Å². The molecule has 0 N–H and O–H groups in total. The first-order valence-corrected chi connectivity index (χ1v) is 23.2. The van der Waals surface area contributed by atoms with Crippen molar-refractivity contribution in [3.05, 3.63) is 131 Å². The molecule has 7 nitrogen and oxygen atoms in total. The van der Waals surface area contributed by atoms with Gasteiger partial charge in [0, 0.05) is 64.4 Å². The standard InChI is InChI=1S/C49H59I2N4O3/c1-8-54-41-20-13-11-18-37(41)48(4,5)43(54)24-22-35-16-15-17-36(23-25-44-49(6,7)38-19-12-14-21-42(38)55(44)9-2)46(35)53-28-26-52(27-29-53)32-34-30-39(50)47(40(51)31-34)58-33-45(56)57-10-3/h11-14,18-25,30-31H,8-10,15-17,26-29,32-33H2,1-7H3/q+1. The number of piperazine rings is 1. The molecule has 9 heteroatoms. The van der Waals surface area contributed by atoms with Crippen molar-refractivity contribution in [1.82, 2.24) is 4.90 Å². The smallest absolute Gasteiger partial charge is 0.344 e. The number of carbonyl (C=O) groups is 1. The summed E-state index contributed by atoms with van der Waals surface area (Å²) >= 11 is 4.65. The molecule has 1 saturated heterocycles. The minimum Gasteiger partial charge on any atom is -0.480 e. The van der Waals surface area contributed by atoms with Gasteiger partial charge in [-0.1, -0.05) is 76.2 Å². The normalized spacial score (nSPS) is 21.7. The fraction of sp³-hybridized carbons (Fsp3) is 0.429. The average molecular weight is 1010 g/mol. The molecule has 3 heterocycles. The Kier molecular flexibility index (Phi) is 13.3. The summed E-state index contributed by atoms with van der Waals surface area (Å²) in [6.45, 7) is 22.8. The summed E-state index contributed by atoms with van der Waals surface area (Å²) in [5.41, 5.74) is 13.7. The topological polar surface area (TPSA) is 48.3 Å². The van der Waals surface area contributed by atoms with Crippen molar-refractivity contribution in [3.8, 4) is 5.75 Å². The van der Waals surface area contributed by atoms with Crippen molar-refractivity contribution in [3.63, 3.8) is 0 Å². The fourth-order valence-electron chi connectivity index (χ4n) is 9.53. The molecule has 0 bridgehead atoms. The molecule has 0 unspecified atom stereocenters. The number of hydrogen-bond acceptors (Lipinski definition) is 6. The zero-order valence-corrected chi connectivity index (χ0v) is 39.7. The van der Waals surface area contributed by atoms with Crippen molar-refractivity contribution >= 4 is 68.2 Å². The minimum absolute atomic E-state index is 0.0687. The summed E-state index contributed by atoms with van der Waals surface area (Å²) in [4.78, 5) is 19.5. The van der Waals surface area contributed by atoms with Gasteiger partial charge in [0.1, 0.15) is 5.75 Å². The van der Waals surface area contributed by atoms with Crippen molar-refractivity contribution in [2.24, 2.45) is 0 Å². The second kappa shape index (κ2) is 18.1. The number of carbonyl (C=O) groups excluding carboxylic acids is 1. The van der Waals surface area contributed by atoms with Gasteiger partial charge in [-0.3, -0.25) is 4.90 Å². The summed E-state index contributed by atoms with van der Waals surface area (Å²) < 4.78 is 15.7. The van der Waals surface area contributed by atoms with E-state index in [2.05, 4.69) is 191 Å². The number of anilines is 2. The lowest BCUT2D eigenvalue weighted by Gasteiger charge is -2.29. The van der Waals surface area contributed by atoms with E-state index in [1.165, 1.54) is 56.3 Å². The third kappa shape index (κ3) is 8.46. The van der Waals surface area contributed by atoms with E-state index in [4.69, 9.17) is 9.47 Å². The number of fused-ring (bicyclic) bond motifs is 2. The van der Waals surface area contributed by atoms with Crippen LogP contribution in [0, 0.1) is 7.14 Å². The Morgan fingerprint density at radius 1 is 0.759 bits per heavy atom. The number of hydrogen-bond donors (Lipinski definition) is 0. The number of rotatable bonds is 10. The van der Waals surface area contributed by atoms with Gasteiger partial charge < -0.3 is 19.3 Å². The number of esters is 1. The van der Waals surface area contributed by atoms with Crippen LogP contribution in [-0.2, 0) is 26.9 Å². The number of allylic oxidation sites excluding steroid dienone is 8. The van der Waals surface area contributed by atoms with Crippen molar-refractivity contribution in [1.29, 1.82) is 0 Å². The van der Waals surface area contributed by atoms with Crippen molar-refractivity contribution in [2.45, 2.75) is 85.1 Å². The predicted octanol–water partition coefficient (Wildman–Crippen LogP) is 10.5. The maximum absolute atomic E-state index is 11.9. The van der Waals surface area contributed by atoms with Gasteiger partial charge in [0.15, 0.2) is 19.7 Å². The molecule has 0 aromatic heterocycles. The third-order valence-corrected chi connectivity index (χ3v) is 14.0. The van der Waals surface area contributed by atoms with Gasteiger partial charge in [-0.2, -0.15) is 0 Å². The monoisotopic (exact) mass is 1010 g/mol. The molecule has 3 aromatic carbocycles. The van der Waals surface area contributed by atoms with Crippen LogP contribution in [0.4, 0.5) is 11.4 Å². The second-order valence-corrected chi connectivity index (χ2v) is 19.0. The Morgan fingerprint density at radius 3 is 1.74 bits per heavy atom. The summed E-state index contributed by atoms with van der Waals surface area (Å²) in [7, 11) is 0. The lowest BCUT2D eigenvalue weighted by atomic mass is 9.82. The zero-order chi connectivity index (χ0) is 41.2. The number of likely N-dealkylation sites (N-methyl/N-ethyl adjacent to an activating group) is 2. The van der Waals surface area contributed by atoms with Gasteiger partial charge in [-0.05, 0) is 138 Å². The summed E-state index contributed by atoms with van der Waals surface area (Å²) in [6.07, 6.45) is 13.1. The van der Waals surface area contributed by atoms with Crippen LogP contribution in [0.3, 0.4) is 0 Å². The largest absolute Gasteiger partial charge is 0.480 e. The lowest BCUT2D eigenvalue weighted by molar-refractivity contribution is -0.539. The Labute approximate surface area is 373 Å². The highest BCUT2D eigenvalue weighted by Crippen LogP contribution is 2.49. The first-order chi connectivity index (χ1) is 27.9. The van der Waals surface area contributed by atoms with E-state index in [9.17, 15) is 4.79 Å². The van der Waals surface area contributed by atoms with Crippen LogP contribution >= 0.6 is 45.2 Å². The first kappa shape index (κ1) is 42.7. The Hall–Kier alpha value is -3.42. The Bertz CT molecular complexity index is 2080. The Balaban J connectivity index is 1.20. The molecule has 0 spiro atoms. The lowest BCUT2D eigenvalue weighted by Crippen LogP contribution is -2.44. The van der Waals surface area contributed by atoms with Crippen molar-refractivity contribution in [2.75, 3.05) is 62.3 Å². The minimum atomic E-state index is -0.345. The zero-order valence-electron chi connectivity index (χ0n) is 35.3. The molecule has 58 heavy (non-hydrogen) atoms. The SMILES string of the molecule is CCOC(=O)COc1c(I)cc(CN2CC[N+](=C3C(=CC=C4N(CC)c5ccccc5C4(C)C)CCC/C3=C\C=C3\N(CC)c4ccccc4C3(C)C)CC2)cc1I. The Morgan fingerprint density at radius 2 is 1.26 bits per heavy atom. The highest BCUT2D eigenvalue weighted by atomic mass is 127. The van der Waals surface area contributed by atoms with E-state index in [1.807, 2.05) is 6.92 Å². The molecular formula is C49H59I2N4O3+. The van der Waals surface area contributed by atoms with E-state index >= 15 is 0 Å². The number of ether oxygens (including phenoxy) is 2. The quantitative estimate of drug-likeness (QED) is 0.115. The number of nitrogens with zero attached hydrogens (tertiary/aromatic N) is 4. The van der Waals surface area contributed by atoms with E-state index in [1.54, 1.807) is 0 Å². The van der Waals surface area contributed by atoms with Crippen LogP contribution < -0.4 is 14.5 Å². The van der Waals surface area contributed by atoms with Crippen LogP contribution in [0.1, 0.15) is 84.4 Å². The molecular weight excluding hydrogens is 946 g/mol. The van der Waals surface area contributed by atoms with Crippen molar-refractivity contribution < 1.29 is 18.8 Å². The predicted molar refractivity (Wildman–Crippen MR) is 255 cm³/mol. The number of halogens is 2. The van der Waals surface area contributed by atoms with Crippen LogP contribution in [0.25, 0.3) is 0 Å². The molecule has 7 rings (SSSR count). The van der Waals surface area contributed by atoms with Gasteiger partial charge in [0.2, 0.25) is 5.71 Å². The molecule has 306 valence electrons. The molecule has 4 aliphatic rings. The highest BCUT2D eigenvalue weighted by Gasteiger charge is 2.40. The molecule has 3 aliphatic heterocycles. The highest BCUT2D eigenvalue weighted by molar-refractivity contribution is 14.1. The van der Waals surface area contributed by atoms with Gasteiger partial charge in [0.25, 0.3) is 0 Å². The fourth-order valence-corrected chi connectivity index (χ4v) is 11.7. The molecule has 0 amide bonds. The first-order valence-electron chi connectivity index (χ1n) is 21.1. The van der Waals surface area contributed by atoms with Gasteiger partial charge >= 0.3 is 5.97 Å². The molecule has 0 atom stereocenters. The maximum Gasteiger partial charge on any atom is 0.344 e. The van der Waals surface area contributed by atoms with Gasteiger partial charge in [0.05, 0.1) is 26.8 Å². The van der Waals surface area contributed by atoms with Crippen LogP contribution in [0.5, 0.6) is 5.75 Å². The second-order valence-electron chi connectivity index (χ2n) is 16.7. The van der Waals surface area contributed by atoms with Crippen LogP contribution in [0.15, 0.2) is 108 Å². The third-order valence-electron chi connectivity index (χ3n) is 12.4. The average Bonchev–Trinajstić information content (AvgIpc) is 3.57. The molecule has 1 aliphatic carbocycles. The number of benzene rings is 3. The molecule has 1 saturated carbocycles. The summed E-state index contributed by atoms with van der Waals surface area (Å²) in [5.74, 6) is 0.405. The summed E-state index contributed by atoms with van der Waals surface area (Å²) in [5, 5.41) is 0. The van der Waals surface area contributed by atoms with Gasteiger partial charge in [-0.25, -0.2) is 9.37 Å². The molecule has 0 radical (unpaired) electrons. The van der Waals surface area contributed by atoms with Gasteiger partial charge in [-0.15, -0.1) is 0 Å². The van der Waals surface area contributed by atoms with E-state index in [0.29, 0.717) is 6.61 Å². The molecule has 2 fully saturated rings. The number of para-hydroxylation sites is 2. The maximum atomic E-state index is 11.9. The molecule has 3 aromatic rings. The van der Waals surface area contributed by atoms with Crippen LogP contribution in [0.2, 0.25) is 0 Å². The van der Waals surface area contributed by atoms with E-state index < -0.39 is 0 Å². The van der Waals surface area contributed by atoms with E-state index in [-0.39, 0.29) is 23.4 Å².